The lowest BCUT2D eigenvalue weighted by Gasteiger charge is -2.33. The molecule has 0 bridgehead atoms. The number of nitrogens with one attached hydrogen (secondary N) is 1. The first-order valence-corrected chi connectivity index (χ1v) is 14.5. The van der Waals surface area contributed by atoms with Crippen LogP contribution in [0.4, 0.5) is 5.69 Å². The van der Waals surface area contributed by atoms with Gasteiger partial charge in [0, 0.05) is 30.1 Å². The van der Waals surface area contributed by atoms with Crippen molar-refractivity contribution in [3.8, 4) is 5.75 Å². The van der Waals surface area contributed by atoms with Gasteiger partial charge in [0.15, 0.2) is 0 Å². The molecule has 0 saturated carbocycles. The van der Waals surface area contributed by atoms with Crippen molar-refractivity contribution >= 4 is 39.1 Å². The molecule has 1 atom stereocenters. The number of carbonyl (C=O) groups excluding carboxylic acids is 2. The van der Waals surface area contributed by atoms with Crippen LogP contribution in [0.5, 0.6) is 5.75 Å². The van der Waals surface area contributed by atoms with E-state index in [2.05, 4.69) is 5.32 Å². The van der Waals surface area contributed by atoms with Crippen molar-refractivity contribution in [3.05, 3.63) is 59.1 Å². The molecule has 0 radical (unpaired) electrons. The van der Waals surface area contributed by atoms with Crippen LogP contribution < -0.4 is 14.4 Å². The number of hydrogen-bond acceptors (Lipinski definition) is 5. The monoisotopic (exact) mass is 551 g/mol. The van der Waals surface area contributed by atoms with Gasteiger partial charge in [0.2, 0.25) is 21.8 Å². The number of ether oxygens (including phenoxy) is 1. The van der Waals surface area contributed by atoms with E-state index >= 15 is 0 Å². The van der Waals surface area contributed by atoms with Gasteiger partial charge < -0.3 is 15.0 Å². The third-order valence-electron chi connectivity index (χ3n) is 5.66. The van der Waals surface area contributed by atoms with Crippen LogP contribution in [-0.4, -0.2) is 56.6 Å². The van der Waals surface area contributed by atoms with Crippen LogP contribution >= 0.6 is 11.6 Å². The van der Waals surface area contributed by atoms with Crippen molar-refractivity contribution in [3.63, 3.8) is 0 Å². The molecule has 0 aliphatic carbocycles. The fourth-order valence-electron chi connectivity index (χ4n) is 3.91. The van der Waals surface area contributed by atoms with Gasteiger partial charge in [-0.2, -0.15) is 0 Å². The number of nitrogens with zero attached hydrogens (tertiary/aromatic N) is 2. The fourth-order valence-corrected chi connectivity index (χ4v) is 5.00. The van der Waals surface area contributed by atoms with Gasteiger partial charge in [-0.05, 0) is 75.6 Å². The lowest BCUT2D eigenvalue weighted by molar-refractivity contribution is -0.142. The second-order valence-electron chi connectivity index (χ2n) is 9.95. The first-order chi connectivity index (χ1) is 17.2. The largest absolute Gasteiger partial charge is 0.497 e. The third kappa shape index (κ3) is 9.55. The molecule has 0 spiro atoms. The zero-order chi connectivity index (χ0) is 27.8. The highest BCUT2D eigenvalue weighted by Crippen LogP contribution is 2.23. The van der Waals surface area contributed by atoms with E-state index in [0.717, 1.165) is 11.8 Å². The summed E-state index contributed by atoms with van der Waals surface area (Å²) in [5.74, 6) is 0.159. The molecule has 0 aliphatic rings. The summed E-state index contributed by atoms with van der Waals surface area (Å²) in [6.45, 7) is 7.90. The topological polar surface area (TPSA) is 96.0 Å². The van der Waals surface area contributed by atoms with Gasteiger partial charge in [-0.25, -0.2) is 8.42 Å². The number of sulfonamides is 1. The second kappa shape index (κ2) is 13.1. The maximum atomic E-state index is 13.5. The molecule has 0 fully saturated rings. The minimum atomic E-state index is -3.57. The summed E-state index contributed by atoms with van der Waals surface area (Å²) >= 11 is 6.02. The van der Waals surface area contributed by atoms with Crippen LogP contribution in [0.25, 0.3) is 0 Å². The average Bonchev–Trinajstić information content (AvgIpc) is 2.81. The van der Waals surface area contributed by atoms with E-state index in [1.807, 2.05) is 39.8 Å². The Bertz CT molecular complexity index is 1150. The first kappa shape index (κ1) is 30.4. The normalized spacial score (nSPS) is 12.5. The van der Waals surface area contributed by atoms with Gasteiger partial charge in [0.05, 0.1) is 19.1 Å². The molecule has 1 N–H and O–H groups in total. The number of hydrogen-bond donors (Lipinski definition) is 1. The molecule has 37 heavy (non-hydrogen) atoms. The molecule has 0 aliphatic heterocycles. The predicted molar refractivity (Wildman–Crippen MR) is 148 cm³/mol. The molecule has 204 valence electrons. The zero-order valence-electron chi connectivity index (χ0n) is 22.5. The van der Waals surface area contributed by atoms with E-state index in [1.165, 1.54) is 11.4 Å². The van der Waals surface area contributed by atoms with Gasteiger partial charge in [-0.3, -0.25) is 13.9 Å². The standard InChI is InChI=1S/C27H38ClN3O5S/c1-7-24(26(33)29-27(2,3)4)30(19-20-10-12-21(28)13-11-20)25(32)9-8-18-31(37(6,34)35)22-14-16-23(36-5)17-15-22/h10-17,24H,7-9,18-19H2,1-6H3,(H,29,33)/t24-/m1/s1. The van der Waals surface area contributed by atoms with Gasteiger partial charge in [-0.1, -0.05) is 30.7 Å². The Hall–Kier alpha value is -2.78. The van der Waals surface area contributed by atoms with Crippen LogP contribution in [0, 0.1) is 0 Å². The highest BCUT2D eigenvalue weighted by molar-refractivity contribution is 7.92. The lowest BCUT2D eigenvalue weighted by atomic mass is 10.0. The van der Waals surface area contributed by atoms with Crippen LogP contribution in [0.15, 0.2) is 48.5 Å². The van der Waals surface area contributed by atoms with Crippen molar-refractivity contribution in [2.75, 3.05) is 24.2 Å². The molecule has 10 heteroatoms. The highest BCUT2D eigenvalue weighted by Gasteiger charge is 2.30. The number of halogens is 1. The maximum Gasteiger partial charge on any atom is 0.243 e. The molecule has 2 rings (SSSR count). The van der Waals surface area contributed by atoms with Crippen molar-refractivity contribution in [1.29, 1.82) is 0 Å². The van der Waals surface area contributed by atoms with E-state index in [0.29, 0.717) is 22.9 Å². The number of rotatable bonds is 12. The summed E-state index contributed by atoms with van der Waals surface area (Å²) in [5, 5.41) is 3.56. The molecule has 0 heterocycles. The predicted octanol–water partition coefficient (Wildman–Crippen LogP) is 4.62. The lowest BCUT2D eigenvalue weighted by Crippen LogP contribution is -2.53. The summed E-state index contributed by atoms with van der Waals surface area (Å²) in [5.41, 5.74) is 0.883. The van der Waals surface area contributed by atoms with E-state index in [1.54, 1.807) is 41.3 Å². The third-order valence-corrected chi connectivity index (χ3v) is 7.11. The fraction of sp³-hybridized carbons (Fsp3) is 0.481. The summed E-state index contributed by atoms with van der Waals surface area (Å²) < 4.78 is 31.4. The Morgan fingerprint density at radius 2 is 1.65 bits per heavy atom. The SMILES string of the molecule is CC[C@H](C(=O)NC(C)(C)C)N(Cc1ccc(Cl)cc1)C(=O)CCCN(c1ccc(OC)cc1)S(C)(=O)=O. The Balaban J connectivity index is 2.22. The van der Waals surface area contributed by atoms with Crippen LogP contribution in [-0.2, 0) is 26.2 Å². The van der Waals surface area contributed by atoms with E-state index < -0.39 is 21.6 Å². The molecule has 2 aromatic carbocycles. The Morgan fingerprint density at radius 1 is 1.05 bits per heavy atom. The molecule has 2 amide bonds. The summed E-state index contributed by atoms with van der Waals surface area (Å²) in [4.78, 5) is 28.2. The minimum Gasteiger partial charge on any atom is -0.497 e. The molecular weight excluding hydrogens is 514 g/mol. The second-order valence-corrected chi connectivity index (χ2v) is 12.3. The molecular formula is C27H38ClN3O5S. The Morgan fingerprint density at radius 3 is 2.14 bits per heavy atom. The minimum absolute atomic E-state index is 0.0784. The van der Waals surface area contributed by atoms with E-state index in [9.17, 15) is 18.0 Å². The van der Waals surface area contributed by atoms with Gasteiger partial charge in [0.25, 0.3) is 0 Å². The number of methoxy groups -OCH3 is 1. The summed E-state index contributed by atoms with van der Waals surface area (Å²) in [6, 6.07) is 13.2. The van der Waals surface area contributed by atoms with E-state index in [-0.39, 0.29) is 37.7 Å². The summed E-state index contributed by atoms with van der Waals surface area (Å²) in [6.07, 6.45) is 1.93. The molecule has 0 unspecified atom stereocenters. The van der Waals surface area contributed by atoms with Crippen molar-refractivity contribution < 1.29 is 22.7 Å². The zero-order valence-corrected chi connectivity index (χ0v) is 24.0. The van der Waals surface area contributed by atoms with Crippen LogP contribution in [0.1, 0.15) is 52.5 Å². The van der Waals surface area contributed by atoms with Crippen LogP contribution in [0.2, 0.25) is 5.02 Å². The quantitative estimate of drug-likeness (QED) is 0.415. The first-order valence-electron chi connectivity index (χ1n) is 12.2. The Labute approximate surface area is 226 Å². The maximum absolute atomic E-state index is 13.5. The highest BCUT2D eigenvalue weighted by atomic mass is 35.5. The molecule has 0 saturated heterocycles. The Kier molecular flexibility index (Phi) is 10.8. The summed E-state index contributed by atoms with van der Waals surface area (Å²) in [7, 11) is -2.03. The van der Waals surface area contributed by atoms with Crippen molar-refractivity contribution in [2.24, 2.45) is 0 Å². The smallest absolute Gasteiger partial charge is 0.243 e. The average molecular weight is 552 g/mol. The van der Waals surface area contributed by atoms with Crippen molar-refractivity contribution in [2.45, 2.75) is 65.1 Å². The number of benzene rings is 2. The van der Waals surface area contributed by atoms with Gasteiger partial charge in [-0.15, -0.1) is 0 Å². The molecule has 0 aromatic heterocycles. The van der Waals surface area contributed by atoms with Crippen molar-refractivity contribution in [1.82, 2.24) is 10.2 Å². The number of amides is 2. The van der Waals surface area contributed by atoms with Gasteiger partial charge in [0.1, 0.15) is 11.8 Å². The molecule has 2 aromatic rings. The van der Waals surface area contributed by atoms with Gasteiger partial charge >= 0.3 is 0 Å². The van der Waals surface area contributed by atoms with Crippen LogP contribution in [0.3, 0.4) is 0 Å². The number of carbonyl (C=O) groups is 2. The van der Waals surface area contributed by atoms with E-state index in [4.69, 9.17) is 16.3 Å². The number of anilines is 1. The molecule has 8 nitrogen and oxygen atoms in total.